The van der Waals surface area contributed by atoms with Gasteiger partial charge < -0.3 is 14.1 Å². The monoisotopic (exact) mass is 519 g/mol. The molecule has 0 radical (unpaired) electrons. The second kappa shape index (κ2) is 8.37. The Balaban J connectivity index is 1.86. The molecular weight excluding hydrogens is 495 g/mol. The van der Waals surface area contributed by atoms with Crippen molar-refractivity contribution in [1.82, 2.24) is 33.9 Å². The lowest BCUT2D eigenvalue weighted by Crippen LogP contribution is -2.21. The van der Waals surface area contributed by atoms with E-state index in [0.29, 0.717) is 49.7 Å². The van der Waals surface area contributed by atoms with Crippen LogP contribution in [0.1, 0.15) is 55.6 Å². The summed E-state index contributed by atoms with van der Waals surface area (Å²) in [7, 11) is 1.76. The molecule has 0 spiro atoms. The fourth-order valence-electron chi connectivity index (χ4n) is 4.63. The molecule has 5 rings (SSSR count). The van der Waals surface area contributed by atoms with Gasteiger partial charge in [0.05, 0.1) is 33.2 Å². The van der Waals surface area contributed by atoms with Gasteiger partial charge in [-0.25, -0.2) is 9.67 Å². The number of aromatic nitrogens is 7. The predicted octanol–water partition coefficient (Wildman–Crippen LogP) is 5.21. The second-order valence-electron chi connectivity index (χ2n) is 9.34. The molecule has 1 N–H and O–H groups in total. The second-order valence-corrected chi connectivity index (χ2v) is 10.1. The molecule has 0 saturated carbocycles. The Morgan fingerprint density at radius 1 is 1.19 bits per heavy atom. The summed E-state index contributed by atoms with van der Waals surface area (Å²) < 4.78 is 54.3. The summed E-state index contributed by atoms with van der Waals surface area (Å²) in [5.41, 5.74) is 3.25. The minimum absolute atomic E-state index is 0.284. The third-order valence-electron chi connectivity index (χ3n) is 6.21. The van der Waals surface area contributed by atoms with Gasteiger partial charge in [0.15, 0.2) is 6.39 Å². The van der Waals surface area contributed by atoms with Crippen LogP contribution in [0.5, 0.6) is 0 Å². The van der Waals surface area contributed by atoms with E-state index in [2.05, 4.69) is 19.7 Å². The van der Waals surface area contributed by atoms with E-state index in [0.717, 1.165) is 17.2 Å². The number of oxazole rings is 1. The molecule has 0 amide bonds. The molecule has 0 aliphatic rings. The Morgan fingerprint density at radius 3 is 2.53 bits per heavy atom. The molecule has 190 valence electrons. The van der Waals surface area contributed by atoms with Crippen molar-refractivity contribution in [1.29, 1.82) is 0 Å². The molecule has 0 saturated heterocycles. The smallest absolute Gasteiger partial charge is 0.389 e. The van der Waals surface area contributed by atoms with Crippen LogP contribution in [0.15, 0.2) is 23.1 Å². The average Bonchev–Trinajstić information content (AvgIpc) is 3.53. The summed E-state index contributed by atoms with van der Waals surface area (Å²) in [4.78, 5) is 8.98. The van der Waals surface area contributed by atoms with E-state index in [1.165, 1.54) is 6.39 Å². The van der Waals surface area contributed by atoms with Crippen LogP contribution in [0, 0.1) is 13.8 Å². The van der Waals surface area contributed by atoms with Crippen molar-refractivity contribution in [2.24, 2.45) is 7.05 Å². The van der Waals surface area contributed by atoms with Crippen LogP contribution in [0.2, 0.25) is 0 Å². The molecular formula is C23H24F3N7O2S. The minimum Gasteiger partial charge on any atom is -0.448 e. The molecule has 13 heteroatoms. The Kier molecular flexibility index (Phi) is 5.67. The van der Waals surface area contributed by atoms with Gasteiger partial charge in [-0.3, -0.25) is 4.98 Å². The maximum atomic E-state index is 13.4. The van der Waals surface area contributed by atoms with Gasteiger partial charge >= 0.3 is 6.18 Å². The lowest BCUT2D eigenvalue weighted by molar-refractivity contribution is -0.136. The van der Waals surface area contributed by atoms with Crippen LogP contribution in [0.3, 0.4) is 0 Å². The van der Waals surface area contributed by atoms with E-state index < -0.39 is 24.2 Å². The Morgan fingerprint density at radius 2 is 1.94 bits per heavy atom. The highest BCUT2D eigenvalue weighted by Gasteiger charge is 2.35. The SMILES string of the molecule is Cc1nnn(C)c1-c1cnc2c3snc(C(C)(C)O)c3n(C(CCC(F)(F)F)c3ncoc3C)c2c1. The summed E-state index contributed by atoms with van der Waals surface area (Å²) >= 11 is 1.15. The van der Waals surface area contributed by atoms with Crippen LogP contribution in [-0.4, -0.2) is 45.2 Å². The van der Waals surface area contributed by atoms with E-state index in [-0.39, 0.29) is 6.42 Å². The molecule has 0 bridgehead atoms. The first-order valence-corrected chi connectivity index (χ1v) is 12.0. The van der Waals surface area contributed by atoms with Crippen molar-refractivity contribution >= 4 is 32.8 Å². The van der Waals surface area contributed by atoms with Crippen molar-refractivity contribution < 1.29 is 22.7 Å². The Labute approximate surface area is 207 Å². The summed E-state index contributed by atoms with van der Waals surface area (Å²) in [5.74, 6) is 0.418. The van der Waals surface area contributed by atoms with E-state index in [9.17, 15) is 18.3 Å². The van der Waals surface area contributed by atoms with Gasteiger partial charge in [0, 0.05) is 25.2 Å². The van der Waals surface area contributed by atoms with Gasteiger partial charge in [0.25, 0.3) is 0 Å². The standard InChI is InChI=1S/C23H24F3N7O2S/c1-11-18(32(5)31-29-11)13-8-15-17(27-9-13)20-19(21(30-36-20)22(3,4)34)33(15)14(6-7-23(24,25)26)16-12(2)35-10-28-16/h8-10,14,34H,6-7H2,1-5H3. The fourth-order valence-corrected chi connectivity index (χ4v) is 5.65. The summed E-state index contributed by atoms with van der Waals surface area (Å²) in [6.07, 6.45) is -2.77. The van der Waals surface area contributed by atoms with E-state index in [1.54, 1.807) is 43.3 Å². The predicted molar refractivity (Wildman–Crippen MR) is 128 cm³/mol. The van der Waals surface area contributed by atoms with E-state index in [4.69, 9.17) is 9.40 Å². The number of hydrogen-bond acceptors (Lipinski definition) is 8. The quantitative estimate of drug-likeness (QED) is 0.328. The third-order valence-corrected chi connectivity index (χ3v) is 7.05. The first-order valence-electron chi connectivity index (χ1n) is 11.2. The van der Waals surface area contributed by atoms with Crippen LogP contribution >= 0.6 is 11.5 Å². The van der Waals surface area contributed by atoms with Gasteiger partial charge in [-0.05, 0) is 51.7 Å². The van der Waals surface area contributed by atoms with Gasteiger partial charge in [-0.1, -0.05) is 5.21 Å². The number of hydrogen-bond donors (Lipinski definition) is 1. The molecule has 5 aromatic heterocycles. The largest absolute Gasteiger partial charge is 0.448 e. The molecule has 0 fully saturated rings. The number of aliphatic hydroxyl groups is 1. The number of aryl methyl sites for hydroxylation is 3. The van der Waals surface area contributed by atoms with Crippen molar-refractivity contribution in [2.75, 3.05) is 0 Å². The van der Waals surface area contributed by atoms with Gasteiger partial charge in [0.1, 0.15) is 28.3 Å². The van der Waals surface area contributed by atoms with Crippen molar-refractivity contribution in [3.8, 4) is 11.3 Å². The van der Waals surface area contributed by atoms with Crippen LogP contribution < -0.4 is 0 Å². The van der Waals surface area contributed by atoms with Crippen molar-refractivity contribution in [3.63, 3.8) is 0 Å². The highest BCUT2D eigenvalue weighted by Crippen LogP contribution is 2.43. The van der Waals surface area contributed by atoms with E-state index >= 15 is 0 Å². The van der Waals surface area contributed by atoms with Crippen LogP contribution in [-0.2, 0) is 12.6 Å². The highest BCUT2D eigenvalue weighted by atomic mass is 32.1. The number of halogens is 3. The summed E-state index contributed by atoms with van der Waals surface area (Å²) in [5, 5.41) is 19.1. The first-order chi connectivity index (χ1) is 16.9. The third kappa shape index (κ3) is 4.05. The lowest BCUT2D eigenvalue weighted by Gasteiger charge is -2.23. The minimum atomic E-state index is -4.37. The zero-order chi connectivity index (χ0) is 26.0. The molecule has 0 aliphatic carbocycles. The average molecular weight is 520 g/mol. The number of nitrogens with zero attached hydrogens (tertiary/aromatic N) is 7. The Hall–Kier alpha value is -3.32. The van der Waals surface area contributed by atoms with Crippen LogP contribution in [0.25, 0.3) is 32.5 Å². The lowest BCUT2D eigenvalue weighted by atomic mass is 10.0. The number of alkyl halides is 3. The summed E-state index contributed by atoms with van der Waals surface area (Å²) in [6, 6.07) is 1.02. The molecule has 9 nitrogen and oxygen atoms in total. The fraction of sp³-hybridized carbons (Fsp3) is 0.435. The molecule has 1 atom stereocenters. The van der Waals surface area contributed by atoms with Gasteiger partial charge in [0.2, 0.25) is 0 Å². The zero-order valence-corrected chi connectivity index (χ0v) is 21.1. The normalized spacial score (nSPS) is 13.8. The number of rotatable bonds is 6. The number of pyridine rings is 1. The van der Waals surface area contributed by atoms with Gasteiger partial charge in [-0.2, -0.15) is 17.5 Å². The van der Waals surface area contributed by atoms with Crippen molar-refractivity contribution in [3.05, 3.63) is 41.5 Å². The van der Waals surface area contributed by atoms with Crippen LogP contribution in [0.4, 0.5) is 13.2 Å². The molecule has 36 heavy (non-hydrogen) atoms. The molecule has 5 aromatic rings. The highest BCUT2D eigenvalue weighted by molar-refractivity contribution is 7.14. The molecule has 5 heterocycles. The molecule has 1 unspecified atom stereocenters. The molecule has 0 aliphatic heterocycles. The Bertz CT molecular complexity index is 1550. The van der Waals surface area contributed by atoms with Crippen molar-refractivity contribution in [2.45, 2.75) is 58.4 Å². The maximum absolute atomic E-state index is 13.4. The molecule has 0 aromatic carbocycles. The summed E-state index contributed by atoms with van der Waals surface area (Å²) in [6.45, 7) is 6.69. The first kappa shape index (κ1) is 24.4. The topological polar surface area (TPSA) is 108 Å². The maximum Gasteiger partial charge on any atom is 0.389 e. The number of fused-ring (bicyclic) bond motifs is 3. The van der Waals surface area contributed by atoms with E-state index in [1.807, 2.05) is 13.0 Å². The zero-order valence-electron chi connectivity index (χ0n) is 20.3. The van der Waals surface area contributed by atoms with Gasteiger partial charge in [-0.15, -0.1) is 5.10 Å².